The molecule has 30 heavy (non-hydrogen) atoms. The average Bonchev–Trinajstić information content (AvgIpc) is 3.24. The molecule has 4 rings (SSSR count). The standard InChI is InChI=1S/C20H16ClN3O6/c1-30-20(27)15-16(23-18(25)12-4-2-3-5-13(12)19(23)26)17(24(28)29)14(22-15)10-6-8-11(21)9-7-10/h2-9,14-17,22H,1H3/t14-,15-,16+,17+/m1/s1. The molecule has 0 aromatic heterocycles. The van der Waals surface area contributed by atoms with E-state index in [2.05, 4.69) is 5.32 Å². The maximum atomic E-state index is 13.0. The predicted octanol–water partition coefficient (Wildman–Crippen LogP) is 1.84. The highest BCUT2D eigenvalue weighted by atomic mass is 35.5. The molecule has 0 saturated carbocycles. The van der Waals surface area contributed by atoms with E-state index in [0.717, 1.165) is 12.0 Å². The lowest BCUT2D eigenvalue weighted by Gasteiger charge is -2.26. The number of ether oxygens (including phenoxy) is 1. The summed E-state index contributed by atoms with van der Waals surface area (Å²) in [5.74, 6) is -2.17. The third kappa shape index (κ3) is 3.03. The molecule has 1 fully saturated rings. The van der Waals surface area contributed by atoms with Crippen molar-refractivity contribution in [3.63, 3.8) is 0 Å². The molecule has 1 N–H and O–H groups in total. The van der Waals surface area contributed by atoms with Gasteiger partial charge in [0, 0.05) is 9.95 Å². The zero-order valence-corrected chi connectivity index (χ0v) is 16.4. The Bertz CT molecular complexity index is 1020. The predicted molar refractivity (Wildman–Crippen MR) is 105 cm³/mol. The Morgan fingerprint density at radius 1 is 1.10 bits per heavy atom. The summed E-state index contributed by atoms with van der Waals surface area (Å²) < 4.78 is 4.81. The zero-order valence-electron chi connectivity index (χ0n) is 15.7. The zero-order chi connectivity index (χ0) is 21.6. The first-order chi connectivity index (χ1) is 14.3. The number of nitro groups is 1. The van der Waals surface area contributed by atoms with Crippen molar-refractivity contribution in [2.45, 2.75) is 24.2 Å². The van der Waals surface area contributed by atoms with Crippen LogP contribution in [-0.2, 0) is 9.53 Å². The fourth-order valence-corrected chi connectivity index (χ4v) is 4.24. The Morgan fingerprint density at radius 3 is 2.17 bits per heavy atom. The third-order valence-corrected chi connectivity index (χ3v) is 5.70. The number of amides is 2. The summed E-state index contributed by atoms with van der Waals surface area (Å²) in [7, 11) is 1.14. The molecular weight excluding hydrogens is 414 g/mol. The molecule has 0 unspecified atom stereocenters. The second-order valence-corrected chi connectivity index (χ2v) is 7.43. The van der Waals surface area contributed by atoms with Crippen LogP contribution in [0.15, 0.2) is 48.5 Å². The molecule has 2 aromatic carbocycles. The van der Waals surface area contributed by atoms with E-state index in [1.807, 2.05) is 0 Å². The van der Waals surface area contributed by atoms with Crippen LogP contribution in [0.3, 0.4) is 0 Å². The SMILES string of the molecule is COC(=O)[C@@H]1N[C@H](c2ccc(Cl)cc2)[C@H]([N+](=O)[O-])[C@H]1N1C(=O)c2ccccc2C1=O. The number of nitrogens with one attached hydrogen (secondary N) is 1. The van der Waals surface area contributed by atoms with E-state index in [9.17, 15) is 24.5 Å². The number of methoxy groups -OCH3 is 1. The Hall–Kier alpha value is -3.30. The number of carbonyl (C=O) groups is 3. The molecular formula is C20H16ClN3O6. The van der Waals surface area contributed by atoms with Gasteiger partial charge in [-0.05, 0) is 29.8 Å². The van der Waals surface area contributed by atoms with Gasteiger partial charge in [0.15, 0.2) is 0 Å². The highest BCUT2D eigenvalue weighted by Gasteiger charge is 2.60. The van der Waals surface area contributed by atoms with Gasteiger partial charge in [-0.25, -0.2) is 0 Å². The van der Waals surface area contributed by atoms with Gasteiger partial charge in [0.2, 0.25) is 0 Å². The monoisotopic (exact) mass is 429 g/mol. The first-order valence-electron chi connectivity index (χ1n) is 9.05. The highest BCUT2D eigenvalue weighted by Crippen LogP contribution is 2.37. The van der Waals surface area contributed by atoms with Gasteiger partial charge in [-0.2, -0.15) is 0 Å². The van der Waals surface area contributed by atoms with Crippen LogP contribution in [0.4, 0.5) is 0 Å². The van der Waals surface area contributed by atoms with Crippen molar-refractivity contribution in [2.75, 3.05) is 7.11 Å². The quantitative estimate of drug-likeness (QED) is 0.341. The summed E-state index contributed by atoms with van der Waals surface area (Å²) in [6.07, 6.45) is 0. The number of hydrogen-bond acceptors (Lipinski definition) is 7. The fraction of sp³-hybridized carbons (Fsp3) is 0.250. The van der Waals surface area contributed by atoms with Gasteiger partial charge < -0.3 is 4.74 Å². The number of imide groups is 1. The first-order valence-corrected chi connectivity index (χ1v) is 9.42. The molecule has 10 heteroatoms. The van der Waals surface area contributed by atoms with Crippen molar-refractivity contribution in [1.82, 2.24) is 10.2 Å². The summed E-state index contributed by atoms with van der Waals surface area (Å²) in [5.41, 5.74) is 0.778. The minimum Gasteiger partial charge on any atom is -0.468 e. The molecule has 2 amide bonds. The van der Waals surface area contributed by atoms with Crippen molar-refractivity contribution < 1.29 is 24.0 Å². The minimum absolute atomic E-state index is 0.142. The summed E-state index contributed by atoms with van der Waals surface area (Å²) in [5, 5.41) is 15.4. The van der Waals surface area contributed by atoms with Gasteiger partial charge in [-0.3, -0.25) is 34.7 Å². The van der Waals surface area contributed by atoms with Gasteiger partial charge in [-0.1, -0.05) is 35.9 Å². The van der Waals surface area contributed by atoms with E-state index < -0.39 is 46.9 Å². The maximum absolute atomic E-state index is 13.0. The van der Waals surface area contributed by atoms with Crippen LogP contribution in [0.5, 0.6) is 0 Å². The van der Waals surface area contributed by atoms with Crippen molar-refractivity contribution in [3.8, 4) is 0 Å². The second kappa shape index (κ2) is 7.51. The van der Waals surface area contributed by atoms with E-state index in [1.165, 1.54) is 12.1 Å². The molecule has 2 aliphatic heterocycles. The number of benzene rings is 2. The van der Waals surface area contributed by atoms with Crippen LogP contribution in [-0.4, -0.2) is 52.8 Å². The molecule has 1 saturated heterocycles. The molecule has 0 bridgehead atoms. The van der Waals surface area contributed by atoms with Crippen molar-refractivity contribution in [1.29, 1.82) is 0 Å². The smallest absolute Gasteiger partial charge is 0.325 e. The van der Waals surface area contributed by atoms with Gasteiger partial charge in [-0.15, -0.1) is 0 Å². The van der Waals surface area contributed by atoms with E-state index in [0.29, 0.717) is 10.6 Å². The lowest BCUT2D eigenvalue weighted by Crippen LogP contribution is -2.55. The number of fused-ring (bicyclic) bond motifs is 1. The number of carbonyl (C=O) groups excluding carboxylic acids is 3. The van der Waals surface area contributed by atoms with Crippen molar-refractivity contribution in [3.05, 3.63) is 80.4 Å². The Balaban J connectivity index is 1.82. The average molecular weight is 430 g/mol. The van der Waals surface area contributed by atoms with Crippen LogP contribution in [0.25, 0.3) is 0 Å². The number of hydrogen-bond donors (Lipinski definition) is 1. The van der Waals surface area contributed by atoms with Gasteiger partial charge in [0.25, 0.3) is 17.9 Å². The lowest BCUT2D eigenvalue weighted by molar-refractivity contribution is -0.529. The molecule has 2 heterocycles. The molecule has 0 spiro atoms. The number of nitrogens with zero attached hydrogens (tertiary/aromatic N) is 2. The van der Waals surface area contributed by atoms with E-state index in [4.69, 9.17) is 16.3 Å². The fourth-order valence-electron chi connectivity index (χ4n) is 4.11. The van der Waals surface area contributed by atoms with Crippen LogP contribution < -0.4 is 5.32 Å². The third-order valence-electron chi connectivity index (χ3n) is 5.44. The number of halogens is 1. The second-order valence-electron chi connectivity index (χ2n) is 6.99. The Labute approximate surface area is 175 Å². The van der Waals surface area contributed by atoms with Crippen LogP contribution in [0.1, 0.15) is 32.3 Å². The van der Waals surface area contributed by atoms with Crippen LogP contribution in [0.2, 0.25) is 5.02 Å². The topological polar surface area (TPSA) is 119 Å². The van der Waals surface area contributed by atoms with Crippen molar-refractivity contribution >= 4 is 29.4 Å². The molecule has 2 aromatic rings. The molecule has 2 aliphatic rings. The summed E-state index contributed by atoms with van der Waals surface area (Å²) >= 11 is 5.91. The summed E-state index contributed by atoms with van der Waals surface area (Å²) in [6, 6.07) is 7.40. The molecule has 0 radical (unpaired) electrons. The van der Waals surface area contributed by atoms with Crippen LogP contribution >= 0.6 is 11.6 Å². The Morgan fingerprint density at radius 2 is 1.67 bits per heavy atom. The van der Waals surface area contributed by atoms with Crippen LogP contribution in [0, 0.1) is 10.1 Å². The maximum Gasteiger partial charge on any atom is 0.325 e. The van der Waals surface area contributed by atoms with Gasteiger partial charge in [0.1, 0.15) is 18.1 Å². The molecule has 0 aliphatic carbocycles. The number of esters is 1. The Kier molecular flexibility index (Phi) is 5.00. The van der Waals surface area contributed by atoms with Gasteiger partial charge in [0.05, 0.1) is 18.2 Å². The lowest BCUT2D eigenvalue weighted by atomic mass is 9.96. The number of rotatable bonds is 4. The van der Waals surface area contributed by atoms with E-state index in [-0.39, 0.29) is 11.1 Å². The molecule has 154 valence electrons. The molecule has 4 atom stereocenters. The summed E-state index contributed by atoms with van der Waals surface area (Å²) in [4.78, 5) is 50.8. The first kappa shape index (κ1) is 20.0. The normalized spacial score (nSPS) is 25.3. The minimum atomic E-state index is -1.47. The highest BCUT2D eigenvalue weighted by molar-refractivity contribution is 6.30. The largest absolute Gasteiger partial charge is 0.468 e. The van der Waals surface area contributed by atoms with E-state index >= 15 is 0 Å². The van der Waals surface area contributed by atoms with Crippen molar-refractivity contribution in [2.24, 2.45) is 0 Å². The van der Waals surface area contributed by atoms with E-state index in [1.54, 1.807) is 36.4 Å². The summed E-state index contributed by atoms with van der Waals surface area (Å²) in [6.45, 7) is 0. The van der Waals surface area contributed by atoms with Gasteiger partial charge >= 0.3 is 5.97 Å². The molecule has 9 nitrogen and oxygen atoms in total.